The minimum atomic E-state index is 0.324. The number of pyridine rings is 1. The molecule has 2 fully saturated rings. The Morgan fingerprint density at radius 3 is 2.49 bits per heavy atom. The molecule has 3 aromatic rings. The lowest BCUT2D eigenvalue weighted by atomic mass is 9.65. The Morgan fingerprint density at radius 1 is 1.00 bits per heavy atom. The first-order valence-electron chi connectivity index (χ1n) is 14.2. The number of benzene rings is 1. The Kier molecular flexibility index (Phi) is 8.05. The van der Waals surface area contributed by atoms with E-state index in [0.717, 1.165) is 75.1 Å². The summed E-state index contributed by atoms with van der Waals surface area (Å²) in [7, 11) is 2.27. The highest BCUT2D eigenvalue weighted by Crippen LogP contribution is 2.46. The van der Waals surface area contributed by atoms with Gasteiger partial charge in [-0.1, -0.05) is 13.8 Å². The third kappa shape index (κ3) is 6.68. The van der Waals surface area contributed by atoms with Gasteiger partial charge in [0, 0.05) is 75.3 Å². The van der Waals surface area contributed by atoms with Crippen LogP contribution in [0.15, 0.2) is 48.8 Å². The predicted octanol–water partition coefficient (Wildman–Crippen LogP) is 5.60. The Balaban J connectivity index is 1.24. The molecule has 8 heteroatoms. The van der Waals surface area contributed by atoms with Crippen molar-refractivity contribution >= 4 is 23.1 Å². The predicted molar refractivity (Wildman–Crippen MR) is 160 cm³/mol. The number of hydrogen-bond acceptors (Lipinski definition) is 8. The molecule has 39 heavy (non-hydrogen) atoms. The normalized spacial score (nSPS) is 23.1. The molecule has 0 aliphatic carbocycles. The second-order valence-electron chi connectivity index (χ2n) is 12.1. The largest absolute Gasteiger partial charge is 0.382 e. The average Bonchev–Trinajstić information content (AvgIpc) is 2.87. The number of aromatic nitrogens is 3. The van der Waals surface area contributed by atoms with Crippen molar-refractivity contribution in [2.24, 2.45) is 10.8 Å². The molecule has 208 valence electrons. The van der Waals surface area contributed by atoms with Crippen LogP contribution in [-0.2, 0) is 4.74 Å². The van der Waals surface area contributed by atoms with Crippen molar-refractivity contribution < 1.29 is 4.74 Å². The molecule has 2 N–H and O–H groups in total. The molecule has 8 nitrogen and oxygen atoms in total. The van der Waals surface area contributed by atoms with Crippen LogP contribution in [0.2, 0.25) is 0 Å². The van der Waals surface area contributed by atoms with E-state index in [1.54, 1.807) is 6.20 Å². The van der Waals surface area contributed by atoms with Crippen molar-refractivity contribution in [1.29, 1.82) is 0 Å². The second-order valence-corrected chi connectivity index (χ2v) is 12.1. The molecule has 2 unspecified atom stereocenters. The molecular formula is C31H43N7O. The number of hydrogen-bond donors (Lipinski definition) is 2. The first-order valence-corrected chi connectivity index (χ1v) is 14.2. The first kappa shape index (κ1) is 27.3. The molecule has 2 saturated heterocycles. The van der Waals surface area contributed by atoms with Crippen LogP contribution in [0.25, 0.3) is 11.3 Å². The number of anilines is 4. The molecular weight excluding hydrogens is 486 g/mol. The fourth-order valence-electron chi connectivity index (χ4n) is 6.84. The molecule has 2 aliphatic rings. The van der Waals surface area contributed by atoms with Crippen LogP contribution in [0.5, 0.6) is 0 Å². The zero-order valence-corrected chi connectivity index (χ0v) is 24.1. The van der Waals surface area contributed by atoms with Crippen molar-refractivity contribution in [3.8, 4) is 11.3 Å². The van der Waals surface area contributed by atoms with Gasteiger partial charge in [0.1, 0.15) is 5.82 Å². The summed E-state index contributed by atoms with van der Waals surface area (Å²) < 4.78 is 5.38. The van der Waals surface area contributed by atoms with E-state index >= 15 is 0 Å². The number of nitrogens with zero attached hydrogens (tertiary/aromatic N) is 5. The van der Waals surface area contributed by atoms with E-state index in [1.807, 2.05) is 31.3 Å². The Labute approximate surface area is 233 Å². The zero-order chi connectivity index (χ0) is 27.5. The minimum Gasteiger partial charge on any atom is -0.382 e. The summed E-state index contributed by atoms with van der Waals surface area (Å²) in [6, 6.07) is 12.5. The molecule has 5 rings (SSSR count). The standard InChI is InChI=1S/C31H43N7O/c1-6-39-15-7-13-32-28-11-8-24(17-34-28)26-12-14-33-29(36-26)35-25-9-10-27(23(2)16-25)38-21-30(3)18-31(4,22-38)20-37(5)19-30/h8-12,14,16-17H,6-7,13,15,18-22H2,1-5H3,(H,32,34)(H,33,35,36). The van der Waals surface area contributed by atoms with Crippen LogP contribution in [0.3, 0.4) is 0 Å². The number of likely N-dealkylation sites (tertiary alicyclic amines) is 1. The van der Waals surface area contributed by atoms with Crippen LogP contribution in [0.1, 0.15) is 39.2 Å². The summed E-state index contributed by atoms with van der Waals surface area (Å²) in [5, 5.41) is 6.74. The van der Waals surface area contributed by atoms with Gasteiger partial charge in [0.05, 0.1) is 5.69 Å². The van der Waals surface area contributed by atoms with Crippen molar-refractivity contribution in [2.45, 2.75) is 40.5 Å². The highest BCUT2D eigenvalue weighted by Gasteiger charge is 2.47. The van der Waals surface area contributed by atoms with Gasteiger partial charge in [-0.2, -0.15) is 0 Å². The fourth-order valence-corrected chi connectivity index (χ4v) is 6.84. The van der Waals surface area contributed by atoms with E-state index in [-0.39, 0.29) is 0 Å². The quantitative estimate of drug-likeness (QED) is 0.329. The molecule has 0 saturated carbocycles. The highest BCUT2D eigenvalue weighted by molar-refractivity contribution is 5.66. The lowest BCUT2D eigenvalue weighted by Crippen LogP contribution is -2.61. The molecule has 2 aliphatic heterocycles. The molecule has 0 radical (unpaired) electrons. The summed E-state index contributed by atoms with van der Waals surface area (Å²) in [4.78, 5) is 18.9. The summed E-state index contributed by atoms with van der Waals surface area (Å²) in [5.41, 5.74) is 6.03. The molecule has 2 atom stereocenters. The minimum absolute atomic E-state index is 0.324. The number of rotatable bonds is 10. The second kappa shape index (κ2) is 11.5. The van der Waals surface area contributed by atoms with Gasteiger partial charge in [-0.15, -0.1) is 0 Å². The summed E-state index contributed by atoms with van der Waals surface area (Å²) in [6.07, 6.45) is 5.89. The first-order chi connectivity index (χ1) is 18.7. The Bertz CT molecular complexity index is 1250. The number of ether oxygens (including phenoxy) is 1. The van der Waals surface area contributed by atoms with Crippen molar-refractivity contribution in [3.63, 3.8) is 0 Å². The van der Waals surface area contributed by atoms with Crippen LogP contribution >= 0.6 is 0 Å². The highest BCUT2D eigenvalue weighted by atomic mass is 16.5. The van der Waals surface area contributed by atoms with Crippen LogP contribution in [0, 0.1) is 17.8 Å². The van der Waals surface area contributed by atoms with Gasteiger partial charge in [-0.05, 0) is 86.5 Å². The van der Waals surface area contributed by atoms with Crippen molar-refractivity contribution in [2.75, 3.05) is 68.5 Å². The number of fused-ring (bicyclic) bond motifs is 2. The lowest BCUT2D eigenvalue weighted by Gasteiger charge is -2.57. The molecule has 1 aromatic carbocycles. The molecule has 0 amide bonds. The smallest absolute Gasteiger partial charge is 0.227 e. The fraction of sp³-hybridized carbons (Fsp3) is 0.516. The average molecular weight is 530 g/mol. The maximum Gasteiger partial charge on any atom is 0.227 e. The van der Waals surface area contributed by atoms with Crippen molar-refractivity contribution in [3.05, 3.63) is 54.4 Å². The lowest BCUT2D eigenvalue weighted by molar-refractivity contribution is 0.00531. The number of piperidine rings is 2. The van der Waals surface area contributed by atoms with Gasteiger partial charge in [-0.3, -0.25) is 0 Å². The number of aryl methyl sites for hydroxylation is 1. The van der Waals surface area contributed by atoms with E-state index in [2.05, 4.69) is 76.4 Å². The van der Waals surface area contributed by atoms with E-state index in [9.17, 15) is 0 Å². The van der Waals surface area contributed by atoms with E-state index in [4.69, 9.17) is 9.72 Å². The third-order valence-electron chi connectivity index (χ3n) is 7.79. The Morgan fingerprint density at radius 2 is 1.79 bits per heavy atom. The SMILES string of the molecule is CCOCCCNc1ccc(-c2ccnc(Nc3ccc(N4CC5(C)CN(C)CC(C)(C4)C5)c(C)c3)n2)cn1. The van der Waals surface area contributed by atoms with Crippen molar-refractivity contribution in [1.82, 2.24) is 19.9 Å². The zero-order valence-electron chi connectivity index (χ0n) is 24.1. The summed E-state index contributed by atoms with van der Waals surface area (Å²) in [5.74, 6) is 1.43. The molecule has 2 bridgehead atoms. The van der Waals surface area contributed by atoms with E-state index in [1.165, 1.54) is 17.7 Å². The monoisotopic (exact) mass is 529 g/mol. The summed E-state index contributed by atoms with van der Waals surface area (Å²) >= 11 is 0. The molecule has 0 spiro atoms. The van der Waals surface area contributed by atoms with Gasteiger partial charge >= 0.3 is 0 Å². The summed E-state index contributed by atoms with van der Waals surface area (Å²) in [6.45, 7) is 16.0. The van der Waals surface area contributed by atoms with Gasteiger partial charge in [-0.25, -0.2) is 15.0 Å². The van der Waals surface area contributed by atoms with Crippen LogP contribution in [-0.4, -0.2) is 72.8 Å². The number of nitrogens with one attached hydrogen (secondary N) is 2. The van der Waals surface area contributed by atoms with E-state index in [0.29, 0.717) is 16.8 Å². The van der Waals surface area contributed by atoms with Gasteiger partial charge < -0.3 is 25.2 Å². The Hall–Kier alpha value is -3.23. The van der Waals surface area contributed by atoms with E-state index < -0.39 is 0 Å². The van der Waals surface area contributed by atoms with Gasteiger partial charge in [0.2, 0.25) is 5.95 Å². The third-order valence-corrected chi connectivity index (χ3v) is 7.79. The van der Waals surface area contributed by atoms with Gasteiger partial charge in [0.25, 0.3) is 0 Å². The molecule has 2 aromatic heterocycles. The maximum atomic E-state index is 5.38. The van der Waals surface area contributed by atoms with Gasteiger partial charge in [0.15, 0.2) is 0 Å². The maximum absolute atomic E-state index is 5.38. The molecule has 4 heterocycles. The topological polar surface area (TPSA) is 78.4 Å². The van der Waals surface area contributed by atoms with Crippen LogP contribution in [0.4, 0.5) is 23.1 Å². The van der Waals surface area contributed by atoms with Crippen LogP contribution < -0.4 is 15.5 Å².